The summed E-state index contributed by atoms with van der Waals surface area (Å²) in [6.07, 6.45) is 7.06. The summed E-state index contributed by atoms with van der Waals surface area (Å²) in [5, 5.41) is 5.30. The molecule has 0 saturated carbocycles. The monoisotopic (exact) mass is 456 g/mol. The Labute approximate surface area is 198 Å². The number of allylic oxidation sites excluding steroid dienone is 3. The first-order chi connectivity index (χ1) is 15.6. The molecule has 0 aliphatic rings. The Bertz CT molecular complexity index is 884. The Balaban J connectivity index is 2.94. The third-order valence-electron chi connectivity index (χ3n) is 5.29. The van der Waals surface area contributed by atoms with Crippen LogP contribution in [0, 0.1) is 6.92 Å². The van der Waals surface area contributed by atoms with Crippen molar-refractivity contribution in [1.82, 2.24) is 20.4 Å². The van der Waals surface area contributed by atoms with Crippen LogP contribution in [-0.2, 0) is 11.3 Å². The summed E-state index contributed by atoms with van der Waals surface area (Å²) in [7, 11) is 3.27. The third kappa shape index (κ3) is 9.12. The van der Waals surface area contributed by atoms with Crippen molar-refractivity contribution in [2.45, 2.75) is 60.4 Å². The Morgan fingerprint density at radius 2 is 1.76 bits per heavy atom. The fourth-order valence-electron chi connectivity index (χ4n) is 3.27. The van der Waals surface area contributed by atoms with Gasteiger partial charge in [0.15, 0.2) is 0 Å². The molecule has 33 heavy (non-hydrogen) atoms. The van der Waals surface area contributed by atoms with Crippen LogP contribution in [0.2, 0.25) is 0 Å². The van der Waals surface area contributed by atoms with Crippen LogP contribution < -0.4 is 10.6 Å². The predicted octanol–water partition coefficient (Wildman–Crippen LogP) is 4.38. The molecule has 0 spiro atoms. The number of likely N-dealkylation sites (N-methyl/N-ethyl adjacent to an activating group) is 1. The summed E-state index contributed by atoms with van der Waals surface area (Å²) in [6, 6.07) is 5.14. The van der Waals surface area contributed by atoms with Crippen molar-refractivity contribution in [1.29, 1.82) is 0 Å². The summed E-state index contributed by atoms with van der Waals surface area (Å²) in [4.78, 5) is 40.3. The normalized spacial score (nSPS) is 10.6. The SMILES string of the molecule is C/C=C\C(=C(C)C)N(CCCCC)C(=O)c1ccc(CNC(=O)NCC(=O)N(C)C)c(C)c1. The van der Waals surface area contributed by atoms with Crippen LogP contribution in [0.3, 0.4) is 0 Å². The van der Waals surface area contributed by atoms with E-state index < -0.39 is 6.03 Å². The summed E-state index contributed by atoms with van der Waals surface area (Å²) in [5.41, 5.74) is 4.48. The van der Waals surface area contributed by atoms with Crippen molar-refractivity contribution in [2.75, 3.05) is 27.2 Å². The largest absolute Gasteiger partial charge is 0.347 e. The minimum absolute atomic E-state index is 0.0250. The van der Waals surface area contributed by atoms with E-state index in [0.717, 1.165) is 41.7 Å². The maximum Gasteiger partial charge on any atom is 0.315 e. The molecule has 0 unspecified atom stereocenters. The molecule has 7 heteroatoms. The fourth-order valence-corrected chi connectivity index (χ4v) is 3.27. The number of unbranched alkanes of at least 4 members (excludes halogenated alkanes) is 2. The summed E-state index contributed by atoms with van der Waals surface area (Å²) in [5.74, 6) is -0.204. The Morgan fingerprint density at radius 3 is 2.30 bits per heavy atom. The minimum Gasteiger partial charge on any atom is -0.347 e. The molecule has 0 bridgehead atoms. The van der Waals surface area contributed by atoms with Crippen LogP contribution in [-0.4, -0.2) is 54.8 Å². The Morgan fingerprint density at radius 1 is 1.06 bits per heavy atom. The molecule has 1 aromatic carbocycles. The second-order valence-corrected chi connectivity index (χ2v) is 8.51. The standard InChI is InChI=1S/C26H40N4O3/c1-8-10-11-15-30(23(12-9-2)19(3)4)25(32)21-13-14-22(20(5)16-21)17-27-26(33)28-18-24(31)29(6)7/h9,12-14,16H,8,10-11,15,17-18H2,1-7H3,(H2,27,28,33)/b12-9-. The van der Waals surface area contributed by atoms with E-state index in [4.69, 9.17) is 0 Å². The number of benzene rings is 1. The number of carbonyl (C=O) groups excluding carboxylic acids is 3. The lowest BCUT2D eigenvalue weighted by Crippen LogP contribution is -2.41. The van der Waals surface area contributed by atoms with E-state index in [0.29, 0.717) is 18.7 Å². The average Bonchev–Trinajstić information content (AvgIpc) is 2.77. The molecule has 0 heterocycles. The zero-order valence-corrected chi connectivity index (χ0v) is 21.2. The highest BCUT2D eigenvalue weighted by atomic mass is 16.2. The second kappa shape index (κ2) is 14.1. The quantitative estimate of drug-likeness (QED) is 0.383. The fraction of sp³-hybridized carbons (Fsp3) is 0.500. The highest BCUT2D eigenvalue weighted by Crippen LogP contribution is 2.20. The molecule has 2 N–H and O–H groups in total. The Kier molecular flexibility index (Phi) is 12.0. The van der Waals surface area contributed by atoms with Crippen molar-refractivity contribution in [3.05, 3.63) is 58.3 Å². The van der Waals surface area contributed by atoms with Gasteiger partial charge in [-0.3, -0.25) is 9.59 Å². The molecule has 7 nitrogen and oxygen atoms in total. The highest BCUT2D eigenvalue weighted by molar-refractivity contribution is 5.96. The molecule has 0 aliphatic heterocycles. The van der Waals surface area contributed by atoms with E-state index in [1.807, 2.05) is 62.9 Å². The first-order valence-electron chi connectivity index (χ1n) is 11.6. The molecular formula is C26H40N4O3. The smallest absolute Gasteiger partial charge is 0.315 e. The number of hydrogen-bond acceptors (Lipinski definition) is 3. The van der Waals surface area contributed by atoms with Gasteiger partial charge in [0.2, 0.25) is 5.91 Å². The zero-order valence-electron chi connectivity index (χ0n) is 21.2. The van der Waals surface area contributed by atoms with E-state index in [-0.39, 0.29) is 18.4 Å². The number of hydrogen-bond donors (Lipinski definition) is 2. The lowest BCUT2D eigenvalue weighted by atomic mass is 10.0. The number of nitrogens with one attached hydrogen (secondary N) is 2. The van der Waals surface area contributed by atoms with E-state index in [9.17, 15) is 14.4 Å². The maximum absolute atomic E-state index is 13.4. The molecule has 182 valence electrons. The van der Waals surface area contributed by atoms with Crippen molar-refractivity contribution >= 4 is 17.8 Å². The van der Waals surface area contributed by atoms with Gasteiger partial charge in [-0.25, -0.2) is 4.79 Å². The van der Waals surface area contributed by atoms with Crippen molar-refractivity contribution < 1.29 is 14.4 Å². The molecule has 0 fully saturated rings. The molecule has 1 aromatic rings. The maximum atomic E-state index is 13.4. The van der Waals surface area contributed by atoms with E-state index in [1.165, 1.54) is 4.90 Å². The second-order valence-electron chi connectivity index (χ2n) is 8.51. The molecular weight excluding hydrogens is 416 g/mol. The third-order valence-corrected chi connectivity index (χ3v) is 5.29. The van der Waals surface area contributed by atoms with Crippen LogP contribution in [0.1, 0.15) is 68.4 Å². The van der Waals surface area contributed by atoms with Crippen LogP contribution in [0.25, 0.3) is 0 Å². The molecule has 4 amide bonds. The predicted molar refractivity (Wildman–Crippen MR) is 134 cm³/mol. The van der Waals surface area contributed by atoms with E-state index in [1.54, 1.807) is 14.1 Å². The first kappa shape index (κ1) is 27.9. The molecule has 0 radical (unpaired) electrons. The van der Waals surface area contributed by atoms with Gasteiger partial charge >= 0.3 is 6.03 Å². The van der Waals surface area contributed by atoms with Crippen LogP contribution in [0.5, 0.6) is 0 Å². The lowest BCUT2D eigenvalue weighted by molar-refractivity contribution is -0.127. The first-order valence-corrected chi connectivity index (χ1v) is 11.6. The van der Waals surface area contributed by atoms with Gasteiger partial charge in [-0.05, 0) is 63.5 Å². The van der Waals surface area contributed by atoms with Crippen LogP contribution >= 0.6 is 0 Å². The van der Waals surface area contributed by atoms with Gasteiger partial charge in [-0.2, -0.15) is 0 Å². The molecule has 1 rings (SSSR count). The van der Waals surface area contributed by atoms with Crippen molar-refractivity contribution in [2.24, 2.45) is 0 Å². The van der Waals surface area contributed by atoms with Crippen molar-refractivity contribution in [3.63, 3.8) is 0 Å². The van der Waals surface area contributed by atoms with Gasteiger partial charge < -0.3 is 20.4 Å². The van der Waals surface area contributed by atoms with Gasteiger partial charge in [0.1, 0.15) is 0 Å². The number of aryl methyl sites for hydroxylation is 1. The van der Waals surface area contributed by atoms with E-state index in [2.05, 4.69) is 17.6 Å². The molecule has 0 saturated heterocycles. The molecule has 0 atom stereocenters. The van der Waals surface area contributed by atoms with Crippen molar-refractivity contribution in [3.8, 4) is 0 Å². The minimum atomic E-state index is -0.411. The van der Waals surface area contributed by atoms with Gasteiger partial charge in [-0.1, -0.05) is 37.5 Å². The summed E-state index contributed by atoms with van der Waals surface area (Å²) >= 11 is 0. The van der Waals surface area contributed by atoms with Crippen LogP contribution in [0.15, 0.2) is 41.6 Å². The lowest BCUT2D eigenvalue weighted by Gasteiger charge is -2.26. The Hall–Kier alpha value is -3.09. The average molecular weight is 457 g/mol. The van der Waals surface area contributed by atoms with E-state index >= 15 is 0 Å². The number of urea groups is 1. The van der Waals surface area contributed by atoms with Gasteiger partial charge in [-0.15, -0.1) is 0 Å². The molecule has 0 aliphatic carbocycles. The number of rotatable bonds is 11. The zero-order chi connectivity index (χ0) is 25.0. The number of amides is 4. The number of carbonyl (C=O) groups is 3. The highest BCUT2D eigenvalue weighted by Gasteiger charge is 2.20. The summed E-state index contributed by atoms with van der Waals surface area (Å²) < 4.78 is 0. The van der Waals surface area contributed by atoms with Gasteiger partial charge in [0.05, 0.1) is 6.54 Å². The van der Waals surface area contributed by atoms with Gasteiger partial charge in [0, 0.05) is 38.4 Å². The number of nitrogens with zero attached hydrogens (tertiary/aromatic N) is 2. The summed E-state index contributed by atoms with van der Waals surface area (Å²) in [6.45, 7) is 11.0. The van der Waals surface area contributed by atoms with Crippen LogP contribution in [0.4, 0.5) is 4.79 Å². The topological polar surface area (TPSA) is 81.8 Å². The molecule has 0 aromatic heterocycles. The van der Waals surface area contributed by atoms with Gasteiger partial charge in [0.25, 0.3) is 5.91 Å².